The molecule has 1 N–H and O–H groups in total. The van der Waals surface area contributed by atoms with Gasteiger partial charge in [0.2, 0.25) is 5.78 Å². The summed E-state index contributed by atoms with van der Waals surface area (Å²) in [5, 5.41) is 9.12. The van der Waals surface area contributed by atoms with Crippen LogP contribution in [-0.4, -0.2) is 21.4 Å². The Morgan fingerprint density at radius 1 is 0.833 bits per heavy atom. The summed E-state index contributed by atoms with van der Waals surface area (Å²) in [6.07, 6.45) is -0.116. The average Bonchev–Trinajstić information content (AvgIpc) is 2.98. The van der Waals surface area contributed by atoms with Gasteiger partial charge in [0.05, 0.1) is 12.1 Å². The van der Waals surface area contributed by atoms with Gasteiger partial charge in [-0.05, 0) is 17.7 Å². The number of ketones is 1. The molecule has 120 valence electrons. The van der Waals surface area contributed by atoms with E-state index in [2.05, 4.69) is 0 Å². The van der Waals surface area contributed by atoms with Gasteiger partial charge in [0.15, 0.2) is 0 Å². The molecule has 4 nitrogen and oxygen atoms in total. The summed E-state index contributed by atoms with van der Waals surface area (Å²) < 4.78 is 1.79. The molecular weight excluding hydrogens is 302 g/mol. The minimum Gasteiger partial charge on any atom is -0.481 e. The van der Waals surface area contributed by atoms with Crippen LogP contribution in [0.5, 0.6) is 0 Å². The maximum Gasteiger partial charge on any atom is 0.309 e. The van der Waals surface area contributed by atoms with Gasteiger partial charge in [0, 0.05) is 17.8 Å². The number of nitrogens with zero attached hydrogens (tertiary/aromatic N) is 1. The number of carboxylic acid groups (broad SMARTS) is 1. The number of carboxylic acids is 1. The van der Waals surface area contributed by atoms with Crippen LogP contribution >= 0.6 is 0 Å². The first-order chi connectivity index (χ1) is 11.6. The fraction of sp³-hybridized carbons (Fsp3) is 0.100. The molecule has 4 heteroatoms. The first-order valence-corrected chi connectivity index (χ1v) is 7.69. The predicted octanol–water partition coefficient (Wildman–Crippen LogP) is 3.39. The van der Waals surface area contributed by atoms with Crippen LogP contribution in [0.4, 0.5) is 0 Å². The molecule has 0 aliphatic heterocycles. The van der Waals surface area contributed by atoms with Crippen molar-refractivity contribution in [3.63, 3.8) is 0 Å². The van der Waals surface area contributed by atoms with E-state index < -0.39 is 5.97 Å². The number of aliphatic carboxylic acids is 1. The minimum absolute atomic E-state index is 0.108. The molecule has 0 bridgehead atoms. The van der Waals surface area contributed by atoms with Gasteiger partial charge in [-0.1, -0.05) is 60.7 Å². The molecule has 0 saturated heterocycles. The van der Waals surface area contributed by atoms with Crippen molar-refractivity contribution in [2.45, 2.75) is 13.0 Å². The Morgan fingerprint density at radius 2 is 1.46 bits per heavy atom. The third-order valence-electron chi connectivity index (χ3n) is 3.86. The molecule has 3 aromatic rings. The molecule has 0 saturated carbocycles. The lowest BCUT2D eigenvalue weighted by molar-refractivity contribution is -0.136. The summed E-state index contributed by atoms with van der Waals surface area (Å²) in [5.74, 6) is -1.02. The SMILES string of the molecule is O=C(O)Cc1ccc(C(=O)c2ccccc2)n1Cc1ccccc1. The molecule has 1 aromatic heterocycles. The smallest absolute Gasteiger partial charge is 0.309 e. The first kappa shape index (κ1) is 15.7. The minimum atomic E-state index is -0.916. The van der Waals surface area contributed by atoms with E-state index in [0.29, 0.717) is 23.5 Å². The summed E-state index contributed by atoms with van der Waals surface area (Å²) >= 11 is 0. The van der Waals surface area contributed by atoms with Crippen LogP contribution < -0.4 is 0 Å². The van der Waals surface area contributed by atoms with Crippen molar-refractivity contribution in [2.24, 2.45) is 0 Å². The highest BCUT2D eigenvalue weighted by molar-refractivity contribution is 6.08. The zero-order valence-corrected chi connectivity index (χ0v) is 13.1. The zero-order valence-electron chi connectivity index (χ0n) is 13.1. The van der Waals surface area contributed by atoms with Crippen LogP contribution in [0, 0.1) is 0 Å². The van der Waals surface area contributed by atoms with Gasteiger partial charge < -0.3 is 9.67 Å². The monoisotopic (exact) mass is 319 g/mol. The molecule has 0 aliphatic rings. The maximum atomic E-state index is 12.8. The Labute approximate surface area is 140 Å². The Balaban J connectivity index is 2.01. The molecule has 0 spiro atoms. The second kappa shape index (κ2) is 6.96. The van der Waals surface area contributed by atoms with Crippen LogP contribution in [0.2, 0.25) is 0 Å². The highest BCUT2D eigenvalue weighted by Crippen LogP contribution is 2.17. The van der Waals surface area contributed by atoms with E-state index >= 15 is 0 Å². The summed E-state index contributed by atoms with van der Waals surface area (Å²) in [6, 6.07) is 22.1. The van der Waals surface area contributed by atoms with Crippen LogP contribution in [0.1, 0.15) is 27.3 Å². The molecule has 3 rings (SSSR count). The van der Waals surface area contributed by atoms with E-state index in [0.717, 1.165) is 5.56 Å². The van der Waals surface area contributed by atoms with E-state index in [4.69, 9.17) is 5.11 Å². The molecule has 24 heavy (non-hydrogen) atoms. The number of aromatic nitrogens is 1. The summed E-state index contributed by atoms with van der Waals surface area (Å²) in [5.41, 5.74) is 2.72. The van der Waals surface area contributed by atoms with E-state index in [1.807, 2.05) is 48.5 Å². The molecular formula is C20H17NO3. The second-order valence-corrected chi connectivity index (χ2v) is 5.55. The van der Waals surface area contributed by atoms with Crippen molar-refractivity contribution >= 4 is 11.8 Å². The van der Waals surface area contributed by atoms with Crippen molar-refractivity contribution in [3.8, 4) is 0 Å². The van der Waals surface area contributed by atoms with Crippen LogP contribution in [0.3, 0.4) is 0 Å². The number of carbonyl (C=O) groups excluding carboxylic acids is 1. The Kier molecular flexibility index (Phi) is 4.57. The van der Waals surface area contributed by atoms with Crippen molar-refractivity contribution in [3.05, 3.63) is 95.3 Å². The van der Waals surface area contributed by atoms with Gasteiger partial charge in [0.1, 0.15) is 0 Å². The Bertz CT molecular complexity index is 851. The number of hydrogen-bond donors (Lipinski definition) is 1. The first-order valence-electron chi connectivity index (χ1n) is 7.69. The van der Waals surface area contributed by atoms with Gasteiger partial charge in [-0.25, -0.2) is 0 Å². The van der Waals surface area contributed by atoms with Gasteiger partial charge in [-0.2, -0.15) is 0 Å². The van der Waals surface area contributed by atoms with Crippen molar-refractivity contribution in [1.82, 2.24) is 4.57 Å². The number of hydrogen-bond acceptors (Lipinski definition) is 2. The van der Waals surface area contributed by atoms with Gasteiger partial charge in [0.25, 0.3) is 0 Å². The molecule has 0 aliphatic carbocycles. The zero-order chi connectivity index (χ0) is 16.9. The van der Waals surface area contributed by atoms with E-state index in [-0.39, 0.29) is 12.2 Å². The molecule has 0 radical (unpaired) electrons. The highest BCUT2D eigenvalue weighted by atomic mass is 16.4. The van der Waals surface area contributed by atoms with Crippen LogP contribution in [-0.2, 0) is 17.8 Å². The number of carbonyl (C=O) groups is 2. The molecule has 0 unspecified atom stereocenters. The van der Waals surface area contributed by atoms with Crippen molar-refractivity contribution in [2.75, 3.05) is 0 Å². The fourth-order valence-electron chi connectivity index (χ4n) is 2.71. The molecule has 1 heterocycles. The number of benzene rings is 2. The van der Waals surface area contributed by atoms with Crippen LogP contribution in [0.25, 0.3) is 0 Å². The normalized spacial score (nSPS) is 10.5. The van der Waals surface area contributed by atoms with E-state index in [1.165, 1.54) is 0 Å². The van der Waals surface area contributed by atoms with E-state index in [1.54, 1.807) is 28.8 Å². The van der Waals surface area contributed by atoms with Gasteiger partial charge >= 0.3 is 5.97 Å². The average molecular weight is 319 g/mol. The lowest BCUT2D eigenvalue weighted by Crippen LogP contribution is -2.15. The largest absolute Gasteiger partial charge is 0.481 e. The molecule has 0 fully saturated rings. The highest BCUT2D eigenvalue weighted by Gasteiger charge is 2.18. The summed E-state index contributed by atoms with van der Waals surface area (Å²) in [6.45, 7) is 0.463. The van der Waals surface area contributed by atoms with E-state index in [9.17, 15) is 9.59 Å². The molecule has 0 atom stereocenters. The standard InChI is InChI=1S/C20H17NO3/c22-19(23)13-17-11-12-18(20(24)16-9-5-2-6-10-16)21(17)14-15-7-3-1-4-8-15/h1-12H,13-14H2,(H,22,23). The van der Waals surface area contributed by atoms with Crippen LogP contribution in [0.15, 0.2) is 72.8 Å². The predicted molar refractivity (Wildman–Crippen MR) is 91.2 cm³/mol. The van der Waals surface area contributed by atoms with Crippen molar-refractivity contribution < 1.29 is 14.7 Å². The third-order valence-corrected chi connectivity index (χ3v) is 3.86. The fourth-order valence-corrected chi connectivity index (χ4v) is 2.71. The Hall–Kier alpha value is -3.14. The number of rotatable bonds is 6. The van der Waals surface area contributed by atoms with Crippen molar-refractivity contribution in [1.29, 1.82) is 0 Å². The quantitative estimate of drug-likeness (QED) is 0.708. The lowest BCUT2D eigenvalue weighted by atomic mass is 10.1. The second-order valence-electron chi connectivity index (χ2n) is 5.55. The van der Waals surface area contributed by atoms with Gasteiger partial charge in [-0.3, -0.25) is 9.59 Å². The topological polar surface area (TPSA) is 59.3 Å². The third kappa shape index (κ3) is 3.43. The summed E-state index contributed by atoms with van der Waals surface area (Å²) in [7, 11) is 0. The summed E-state index contributed by atoms with van der Waals surface area (Å²) in [4.78, 5) is 23.9. The lowest BCUT2D eigenvalue weighted by Gasteiger charge is -2.12. The molecule has 0 amide bonds. The Morgan fingerprint density at radius 3 is 2.08 bits per heavy atom. The van der Waals surface area contributed by atoms with Gasteiger partial charge in [-0.15, -0.1) is 0 Å². The molecule has 2 aromatic carbocycles. The maximum absolute atomic E-state index is 12.8.